The zero-order valence-corrected chi connectivity index (χ0v) is 14.1. The van der Waals surface area contributed by atoms with Crippen molar-refractivity contribution >= 4 is 10.0 Å². The van der Waals surface area contributed by atoms with Gasteiger partial charge in [-0.1, -0.05) is 0 Å². The first kappa shape index (κ1) is 15.8. The van der Waals surface area contributed by atoms with Gasteiger partial charge in [0.25, 0.3) is 0 Å². The topological polar surface area (TPSA) is 66.4 Å². The highest BCUT2D eigenvalue weighted by atomic mass is 32.2. The lowest BCUT2D eigenvalue weighted by Gasteiger charge is -2.38. The number of hydrogen-bond donors (Lipinski definition) is 0. The number of aromatic nitrogens is 2. The molecular weight excluding hydrogens is 300 g/mol. The van der Waals surface area contributed by atoms with Gasteiger partial charge in [0.05, 0.1) is 23.7 Å². The minimum atomic E-state index is -3.05. The average molecular weight is 324 g/mol. The second kappa shape index (κ2) is 6.22. The monoisotopic (exact) mass is 324 g/mol. The fraction of sp³-hybridized carbons (Fsp3) is 0.733. The molecule has 0 amide bonds. The summed E-state index contributed by atoms with van der Waals surface area (Å²) in [7, 11) is -3.05. The summed E-state index contributed by atoms with van der Waals surface area (Å²) >= 11 is 0. The Kier molecular flexibility index (Phi) is 4.47. The Morgan fingerprint density at radius 1 is 1.14 bits per heavy atom. The molecule has 2 fully saturated rings. The number of nitrogens with zero attached hydrogens (tertiary/aromatic N) is 4. The number of hydrogen-bond acceptors (Lipinski definition) is 5. The first-order chi connectivity index (χ1) is 10.4. The molecule has 1 atom stereocenters. The van der Waals surface area contributed by atoms with E-state index in [0.29, 0.717) is 25.2 Å². The lowest BCUT2D eigenvalue weighted by Crippen LogP contribution is -2.46. The lowest BCUT2D eigenvalue weighted by molar-refractivity contribution is 0.125. The van der Waals surface area contributed by atoms with E-state index in [9.17, 15) is 8.42 Å². The van der Waals surface area contributed by atoms with Crippen molar-refractivity contribution in [2.75, 3.05) is 25.9 Å². The molecule has 0 radical (unpaired) electrons. The van der Waals surface area contributed by atoms with Crippen LogP contribution in [0.4, 0.5) is 0 Å². The van der Waals surface area contributed by atoms with E-state index in [0.717, 1.165) is 37.2 Å². The van der Waals surface area contributed by atoms with Crippen molar-refractivity contribution in [2.45, 2.75) is 44.7 Å². The van der Waals surface area contributed by atoms with Gasteiger partial charge in [0.1, 0.15) is 0 Å². The van der Waals surface area contributed by atoms with Gasteiger partial charge in [-0.3, -0.25) is 14.9 Å². The Morgan fingerprint density at radius 3 is 2.50 bits per heavy atom. The molecule has 0 aromatic carbocycles. The van der Waals surface area contributed by atoms with Crippen LogP contribution in [0.1, 0.15) is 43.1 Å². The Morgan fingerprint density at radius 2 is 1.86 bits per heavy atom. The van der Waals surface area contributed by atoms with Crippen molar-refractivity contribution in [2.24, 2.45) is 0 Å². The molecule has 0 saturated carbocycles. The summed E-state index contributed by atoms with van der Waals surface area (Å²) in [5.41, 5.74) is 2.01. The normalized spacial score (nSPS) is 25.6. The Bertz CT molecular complexity index is 626. The van der Waals surface area contributed by atoms with E-state index in [-0.39, 0.29) is 0 Å². The van der Waals surface area contributed by atoms with Gasteiger partial charge >= 0.3 is 0 Å². The van der Waals surface area contributed by atoms with Crippen LogP contribution >= 0.6 is 0 Å². The minimum Gasteiger partial charge on any atom is -0.292 e. The molecule has 1 aromatic rings. The molecular formula is C15H24N4O2S. The zero-order chi connectivity index (χ0) is 15.7. The summed E-state index contributed by atoms with van der Waals surface area (Å²) in [6.45, 7) is 4.31. The molecule has 2 aliphatic heterocycles. The highest BCUT2D eigenvalue weighted by Gasteiger charge is 2.35. The van der Waals surface area contributed by atoms with Gasteiger partial charge in [-0.05, 0) is 39.2 Å². The third-order valence-corrected chi connectivity index (χ3v) is 6.07. The molecule has 1 aromatic heterocycles. The van der Waals surface area contributed by atoms with Crippen molar-refractivity contribution in [3.63, 3.8) is 0 Å². The maximum absolute atomic E-state index is 11.6. The van der Waals surface area contributed by atoms with E-state index in [1.165, 1.54) is 12.7 Å². The van der Waals surface area contributed by atoms with Crippen LogP contribution in [0, 0.1) is 6.92 Å². The SMILES string of the molecule is Cc1cncc([C@@H]2CCCN2C2CCN(S(C)(=O)=O)CC2)n1. The van der Waals surface area contributed by atoms with Crippen LogP contribution in [-0.2, 0) is 10.0 Å². The molecule has 3 heterocycles. The van der Waals surface area contributed by atoms with E-state index in [4.69, 9.17) is 0 Å². The number of aryl methyl sites for hydroxylation is 1. The number of likely N-dealkylation sites (tertiary alicyclic amines) is 1. The highest BCUT2D eigenvalue weighted by molar-refractivity contribution is 7.88. The second-order valence-electron chi connectivity index (χ2n) is 6.37. The summed E-state index contributed by atoms with van der Waals surface area (Å²) in [5, 5.41) is 0. The van der Waals surface area contributed by atoms with E-state index in [1.807, 2.05) is 13.1 Å². The fourth-order valence-corrected chi connectivity index (χ4v) is 4.57. The maximum atomic E-state index is 11.6. The molecule has 0 unspecified atom stereocenters. The molecule has 0 N–H and O–H groups in total. The molecule has 3 rings (SSSR count). The van der Waals surface area contributed by atoms with Crippen LogP contribution in [0.3, 0.4) is 0 Å². The summed E-state index contributed by atoms with van der Waals surface area (Å²) in [6.07, 6.45) is 9.06. The molecule has 0 spiro atoms. The van der Waals surface area contributed by atoms with E-state index in [2.05, 4.69) is 14.9 Å². The molecule has 2 saturated heterocycles. The third-order valence-electron chi connectivity index (χ3n) is 4.77. The Labute approximate surface area is 132 Å². The van der Waals surface area contributed by atoms with Gasteiger partial charge in [0.15, 0.2) is 0 Å². The number of piperidine rings is 1. The Hall–Kier alpha value is -1.05. The van der Waals surface area contributed by atoms with Crippen LogP contribution in [0.25, 0.3) is 0 Å². The van der Waals surface area contributed by atoms with Crippen molar-refractivity contribution in [3.05, 3.63) is 23.8 Å². The second-order valence-corrected chi connectivity index (χ2v) is 8.36. The zero-order valence-electron chi connectivity index (χ0n) is 13.3. The summed E-state index contributed by atoms with van der Waals surface area (Å²) in [4.78, 5) is 11.4. The first-order valence-corrected chi connectivity index (χ1v) is 9.79. The molecule has 0 bridgehead atoms. The fourth-order valence-electron chi connectivity index (χ4n) is 3.69. The Balaban J connectivity index is 1.70. The smallest absolute Gasteiger partial charge is 0.211 e. The van der Waals surface area contributed by atoms with Gasteiger partial charge in [-0.15, -0.1) is 0 Å². The van der Waals surface area contributed by atoms with Crippen LogP contribution in [0.15, 0.2) is 12.4 Å². The standard InChI is InChI=1S/C15H24N4O2S/c1-12-10-16-11-14(17-12)15-4-3-7-19(15)13-5-8-18(9-6-13)22(2,20)21/h10-11,13,15H,3-9H2,1-2H3/t15-/m0/s1. The summed E-state index contributed by atoms with van der Waals surface area (Å²) < 4.78 is 24.9. The highest BCUT2D eigenvalue weighted by Crippen LogP contribution is 2.35. The molecule has 6 nitrogen and oxygen atoms in total. The summed E-state index contributed by atoms with van der Waals surface area (Å²) in [5.74, 6) is 0. The largest absolute Gasteiger partial charge is 0.292 e. The maximum Gasteiger partial charge on any atom is 0.211 e. The van der Waals surface area contributed by atoms with Crippen molar-refractivity contribution < 1.29 is 8.42 Å². The van der Waals surface area contributed by atoms with Gasteiger partial charge in [-0.2, -0.15) is 0 Å². The van der Waals surface area contributed by atoms with Gasteiger partial charge < -0.3 is 0 Å². The van der Waals surface area contributed by atoms with Crippen LogP contribution in [0.2, 0.25) is 0 Å². The number of rotatable bonds is 3. The van der Waals surface area contributed by atoms with Crippen LogP contribution < -0.4 is 0 Å². The average Bonchev–Trinajstić information content (AvgIpc) is 2.96. The molecule has 22 heavy (non-hydrogen) atoms. The predicted octanol–water partition coefficient (Wildman–Crippen LogP) is 1.35. The third kappa shape index (κ3) is 3.31. The lowest BCUT2D eigenvalue weighted by atomic mass is 10.0. The van der Waals surface area contributed by atoms with Crippen LogP contribution in [-0.4, -0.2) is 59.5 Å². The molecule has 0 aliphatic carbocycles. The van der Waals surface area contributed by atoms with Crippen molar-refractivity contribution in [1.29, 1.82) is 0 Å². The minimum absolute atomic E-state index is 0.335. The van der Waals surface area contributed by atoms with Crippen molar-refractivity contribution in [1.82, 2.24) is 19.2 Å². The van der Waals surface area contributed by atoms with Crippen molar-refractivity contribution in [3.8, 4) is 0 Å². The van der Waals surface area contributed by atoms with Gasteiger partial charge in [0, 0.05) is 31.5 Å². The van der Waals surface area contributed by atoms with Crippen LogP contribution in [0.5, 0.6) is 0 Å². The molecule has 122 valence electrons. The predicted molar refractivity (Wildman–Crippen MR) is 84.9 cm³/mol. The van der Waals surface area contributed by atoms with Gasteiger partial charge in [0.2, 0.25) is 10.0 Å². The first-order valence-electron chi connectivity index (χ1n) is 7.94. The quantitative estimate of drug-likeness (QED) is 0.839. The molecule has 7 heteroatoms. The van der Waals surface area contributed by atoms with E-state index in [1.54, 1.807) is 10.5 Å². The van der Waals surface area contributed by atoms with Gasteiger partial charge in [-0.25, -0.2) is 12.7 Å². The molecule has 2 aliphatic rings. The van der Waals surface area contributed by atoms with E-state index < -0.39 is 10.0 Å². The summed E-state index contributed by atoms with van der Waals surface area (Å²) in [6, 6.07) is 0.787. The number of sulfonamides is 1. The van der Waals surface area contributed by atoms with E-state index >= 15 is 0 Å².